The minimum Gasteiger partial charge on any atom is -0.374 e. The van der Waals surface area contributed by atoms with Gasteiger partial charge in [-0.15, -0.1) is 0 Å². The maximum atomic E-state index is 7.53. The zero-order valence-electron chi connectivity index (χ0n) is 18.5. The maximum absolute atomic E-state index is 7.53. The van der Waals surface area contributed by atoms with Crippen molar-refractivity contribution in [2.24, 2.45) is 0 Å². The molecule has 0 bridgehead atoms. The molecule has 0 aromatic rings. The molecule has 5 nitrogen and oxygen atoms in total. The van der Waals surface area contributed by atoms with Crippen LogP contribution in [0.1, 0.15) is 77.4 Å². The fourth-order valence-electron chi connectivity index (χ4n) is 3.43. The van der Waals surface area contributed by atoms with Crippen molar-refractivity contribution in [1.82, 2.24) is 10.6 Å². The Labute approximate surface area is 159 Å². The zero-order chi connectivity index (χ0) is 19.8. The van der Waals surface area contributed by atoms with E-state index in [0.29, 0.717) is 32.3 Å². The van der Waals surface area contributed by atoms with Crippen molar-refractivity contribution in [1.29, 1.82) is 0 Å². The number of nitrogens with one attached hydrogen (secondary N) is 2. The zero-order valence-corrected chi connectivity index (χ0v) is 16.5. The van der Waals surface area contributed by atoms with E-state index in [0.717, 1.165) is 19.4 Å². The molecule has 2 N–H and O–H groups in total. The summed E-state index contributed by atoms with van der Waals surface area (Å²) in [4.78, 5) is 0. The Kier molecular flexibility index (Phi) is 10.3. The highest BCUT2D eigenvalue weighted by atomic mass is 16.7. The van der Waals surface area contributed by atoms with Gasteiger partial charge in [-0.2, -0.15) is 0 Å². The van der Waals surface area contributed by atoms with Crippen LogP contribution in [0, 0.1) is 0 Å². The average Bonchev–Trinajstić information content (AvgIpc) is 3.18. The SMILES string of the molecule is C.CCOC(C)(OCC)C1CCCN1.[2H]C1([2H])CCC(C(C)(C)OCC)N1. The first-order valence-corrected chi connectivity index (χ1v) is 9.53. The third kappa shape index (κ3) is 7.92. The summed E-state index contributed by atoms with van der Waals surface area (Å²) in [6.07, 6.45) is 3.80. The van der Waals surface area contributed by atoms with Gasteiger partial charge in [0, 0.05) is 28.6 Å². The van der Waals surface area contributed by atoms with Gasteiger partial charge in [0.2, 0.25) is 0 Å². The third-order valence-electron chi connectivity index (χ3n) is 4.74. The second-order valence-electron chi connectivity index (χ2n) is 6.98. The summed E-state index contributed by atoms with van der Waals surface area (Å²) in [5, 5.41) is 6.38. The quantitative estimate of drug-likeness (QED) is 0.645. The van der Waals surface area contributed by atoms with Gasteiger partial charge < -0.3 is 24.8 Å². The van der Waals surface area contributed by atoms with Crippen molar-refractivity contribution in [3.63, 3.8) is 0 Å². The van der Waals surface area contributed by atoms with E-state index in [1.165, 1.54) is 6.42 Å². The van der Waals surface area contributed by atoms with Gasteiger partial charge in [0.1, 0.15) is 0 Å². The highest BCUT2D eigenvalue weighted by Gasteiger charge is 2.37. The van der Waals surface area contributed by atoms with Gasteiger partial charge in [-0.3, -0.25) is 0 Å². The van der Waals surface area contributed by atoms with E-state index in [4.69, 9.17) is 17.0 Å². The summed E-state index contributed by atoms with van der Waals surface area (Å²) in [5.74, 6) is -0.431. The molecule has 0 amide bonds. The average molecular weight is 363 g/mol. The summed E-state index contributed by atoms with van der Waals surface area (Å²) in [6, 6.07) is 0.481. The van der Waals surface area contributed by atoms with Crippen molar-refractivity contribution in [2.75, 3.05) is 32.9 Å². The van der Waals surface area contributed by atoms with E-state index in [1.54, 1.807) is 0 Å². The molecular weight excluding hydrogens is 316 g/mol. The van der Waals surface area contributed by atoms with Crippen LogP contribution in [0.5, 0.6) is 0 Å². The first-order chi connectivity index (χ1) is 12.1. The molecule has 2 aliphatic heterocycles. The van der Waals surface area contributed by atoms with E-state index in [-0.39, 0.29) is 19.1 Å². The van der Waals surface area contributed by atoms with Gasteiger partial charge in [-0.05, 0) is 80.3 Å². The second kappa shape index (κ2) is 12.2. The van der Waals surface area contributed by atoms with Crippen LogP contribution in [0.15, 0.2) is 0 Å². The van der Waals surface area contributed by atoms with Crippen LogP contribution in [0.25, 0.3) is 0 Å². The third-order valence-corrected chi connectivity index (χ3v) is 4.74. The van der Waals surface area contributed by atoms with Crippen molar-refractivity contribution >= 4 is 0 Å². The fourth-order valence-corrected chi connectivity index (χ4v) is 3.43. The number of hydrogen-bond donors (Lipinski definition) is 2. The van der Waals surface area contributed by atoms with E-state index in [9.17, 15) is 0 Å². The Balaban J connectivity index is 0.000000483. The Bertz CT molecular complexity index is 397. The first-order valence-electron chi connectivity index (χ1n) is 10.5. The Morgan fingerprint density at radius 2 is 1.44 bits per heavy atom. The number of rotatable bonds is 8. The molecule has 2 fully saturated rings. The van der Waals surface area contributed by atoms with Crippen LogP contribution in [-0.4, -0.2) is 56.3 Å². The Morgan fingerprint density at radius 1 is 0.880 bits per heavy atom. The number of ether oxygens (including phenoxy) is 3. The van der Waals surface area contributed by atoms with Crippen molar-refractivity contribution in [2.45, 2.75) is 98.1 Å². The van der Waals surface area contributed by atoms with Crippen LogP contribution >= 0.6 is 0 Å². The summed E-state index contributed by atoms with van der Waals surface area (Å²) in [6.45, 7) is 14.0. The minimum absolute atomic E-state index is 0. The monoisotopic (exact) mass is 362 g/mol. The molecule has 0 aliphatic carbocycles. The highest BCUT2D eigenvalue weighted by molar-refractivity contribution is 4.89. The summed E-state index contributed by atoms with van der Waals surface area (Å²) in [5.41, 5.74) is -0.265. The lowest BCUT2D eigenvalue weighted by Crippen LogP contribution is -2.49. The van der Waals surface area contributed by atoms with E-state index >= 15 is 0 Å². The van der Waals surface area contributed by atoms with E-state index in [2.05, 4.69) is 10.6 Å². The molecule has 0 aromatic carbocycles. The number of hydrogen-bond acceptors (Lipinski definition) is 5. The second-order valence-corrected chi connectivity index (χ2v) is 6.98. The molecule has 0 radical (unpaired) electrons. The lowest BCUT2D eigenvalue weighted by molar-refractivity contribution is -0.235. The predicted molar refractivity (Wildman–Crippen MR) is 106 cm³/mol. The molecule has 0 saturated carbocycles. The molecule has 152 valence electrons. The van der Waals surface area contributed by atoms with E-state index < -0.39 is 12.3 Å². The lowest BCUT2D eigenvalue weighted by atomic mass is 9.97. The van der Waals surface area contributed by atoms with Gasteiger partial charge in [-0.1, -0.05) is 7.43 Å². The smallest absolute Gasteiger partial charge is 0.180 e. The van der Waals surface area contributed by atoms with Gasteiger partial charge in [0.05, 0.1) is 11.6 Å². The van der Waals surface area contributed by atoms with Gasteiger partial charge in [0.15, 0.2) is 5.79 Å². The molecule has 25 heavy (non-hydrogen) atoms. The van der Waals surface area contributed by atoms with Crippen LogP contribution in [-0.2, 0) is 14.2 Å². The molecule has 2 aliphatic rings. The molecule has 0 aromatic heterocycles. The molecule has 2 heterocycles. The normalized spacial score (nSPS) is 27.0. The Morgan fingerprint density at radius 3 is 1.84 bits per heavy atom. The van der Waals surface area contributed by atoms with Crippen molar-refractivity contribution < 1.29 is 17.0 Å². The van der Waals surface area contributed by atoms with Crippen LogP contribution in [0.2, 0.25) is 0 Å². The van der Waals surface area contributed by atoms with Gasteiger partial charge >= 0.3 is 0 Å². The molecule has 2 rings (SSSR count). The fraction of sp³-hybridized carbons (Fsp3) is 1.00. The molecular formula is C20H44N2O3. The highest BCUT2D eigenvalue weighted by Crippen LogP contribution is 2.24. The maximum Gasteiger partial charge on any atom is 0.180 e. The molecule has 2 unspecified atom stereocenters. The van der Waals surface area contributed by atoms with E-state index in [1.807, 2.05) is 41.5 Å². The largest absolute Gasteiger partial charge is 0.374 e. The standard InChI is InChI=1S/C10H21NO2.C9H19NO.CH4/c1-4-12-10(3,13-5-2)9-7-6-8-11-9;1-4-11-9(2,3)8-6-5-7-10-8;/h9,11H,4-8H2,1-3H3;8,10H,4-7H2,1-3H3;1H4/i;7D2;. The van der Waals surface area contributed by atoms with Crippen LogP contribution < -0.4 is 10.6 Å². The van der Waals surface area contributed by atoms with Crippen LogP contribution in [0.3, 0.4) is 0 Å². The Hall–Kier alpha value is -0.200. The lowest BCUT2D eigenvalue weighted by Gasteiger charge is -2.34. The summed E-state index contributed by atoms with van der Waals surface area (Å²) >= 11 is 0. The summed E-state index contributed by atoms with van der Waals surface area (Å²) in [7, 11) is 0. The van der Waals surface area contributed by atoms with Crippen LogP contribution in [0.4, 0.5) is 0 Å². The van der Waals surface area contributed by atoms with Gasteiger partial charge in [-0.25, -0.2) is 0 Å². The molecule has 2 atom stereocenters. The van der Waals surface area contributed by atoms with Crippen molar-refractivity contribution in [3.8, 4) is 0 Å². The first kappa shape index (κ1) is 21.1. The van der Waals surface area contributed by atoms with Crippen molar-refractivity contribution in [3.05, 3.63) is 0 Å². The van der Waals surface area contributed by atoms with Gasteiger partial charge in [0.25, 0.3) is 0 Å². The predicted octanol–water partition coefficient (Wildman–Crippen LogP) is 3.72. The summed E-state index contributed by atoms with van der Waals surface area (Å²) < 4.78 is 32.0. The topological polar surface area (TPSA) is 51.8 Å². The molecule has 0 spiro atoms. The minimum atomic E-state index is -1.21. The molecule has 2 saturated heterocycles. The molecule has 5 heteroatoms.